The Hall–Kier alpha value is -1.65. The Bertz CT molecular complexity index is 590. The standard InChI is InChI=1S/C14H14ClFN2O/c1-9-5-6-13(12(7-17)18-9)19-8-10-3-2-4-11(16)14(10)15/h2-6H,7-8,17H2,1H3. The molecule has 3 nitrogen and oxygen atoms in total. The molecule has 0 amide bonds. The molecule has 1 heterocycles. The Morgan fingerprint density at radius 3 is 2.84 bits per heavy atom. The van der Waals surface area contributed by atoms with E-state index in [4.69, 9.17) is 22.1 Å². The number of aromatic nitrogens is 1. The van der Waals surface area contributed by atoms with E-state index in [0.717, 1.165) is 5.69 Å². The first-order valence-corrected chi connectivity index (χ1v) is 6.22. The number of hydrogen-bond donors (Lipinski definition) is 1. The van der Waals surface area contributed by atoms with Crippen molar-refractivity contribution >= 4 is 11.6 Å². The van der Waals surface area contributed by atoms with Gasteiger partial charge in [0.1, 0.15) is 18.2 Å². The number of ether oxygens (including phenoxy) is 1. The van der Waals surface area contributed by atoms with Crippen LogP contribution in [0.15, 0.2) is 30.3 Å². The van der Waals surface area contributed by atoms with Crippen LogP contribution in [-0.4, -0.2) is 4.98 Å². The summed E-state index contributed by atoms with van der Waals surface area (Å²) in [5.74, 6) is 0.136. The van der Waals surface area contributed by atoms with Gasteiger partial charge >= 0.3 is 0 Å². The van der Waals surface area contributed by atoms with E-state index in [0.29, 0.717) is 17.0 Å². The minimum absolute atomic E-state index is 0.0804. The maximum Gasteiger partial charge on any atom is 0.142 e. The lowest BCUT2D eigenvalue weighted by molar-refractivity contribution is 0.300. The molecule has 0 fully saturated rings. The molecule has 2 N–H and O–H groups in total. The van der Waals surface area contributed by atoms with Gasteiger partial charge in [-0.1, -0.05) is 23.7 Å². The molecular weight excluding hydrogens is 267 g/mol. The van der Waals surface area contributed by atoms with E-state index in [2.05, 4.69) is 4.98 Å². The lowest BCUT2D eigenvalue weighted by Crippen LogP contribution is -2.06. The topological polar surface area (TPSA) is 48.1 Å². The Kier molecular flexibility index (Phi) is 4.35. The van der Waals surface area contributed by atoms with E-state index >= 15 is 0 Å². The van der Waals surface area contributed by atoms with Gasteiger partial charge < -0.3 is 10.5 Å². The molecule has 5 heteroatoms. The average molecular weight is 281 g/mol. The third-order valence-corrected chi connectivity index (χ3v) is 3.10. The number of rotatable bonds is 4. The number of halogens is 2. The van der Waals surface area contributed by atoms with Crippen molar-refractivity contribution in [1.29, 1.82) is 0 Å². The zero-order valence-corrected chi connectivity index (χ0v) is 11.2. The second kappa shape index (κ2) is 5.99. The lowest BCUT2D eigenvalue weighted by atomic mass is 10.2. The van der Waals surface area contributed by atoms with Crippen molar-refractivity contribution in [3.05, 3.63) is 58.1 Å². The Labute approximate surface area is 116 Å². The van der Waals surface area contributed by atoms with Crippen molar-refractivity contribution in [2.45, 2.75) is 20.1 Å². The monoisotopic (exact) mass is 280 g/mol. The average Bonchev–Trinajstić information content (AvgIpc) is 2.41. The summed E-state index contributed by atoms with van der Waals surface area (Å²) in [6, 6.07) is 8.26. The number of aryl methyl sites for hydroxylation is 1. The molecule has 100 valence electrons. The Morgan fingerprint density at radius 2 is 2.11 bits per heavy atom. The first kappa shape index (κ1) is 13.8. The molecule has 0 aliphatic heterocycles. The van der Waals surface area contributed by atoms with E-state index in [9.17, 15) is 4.39 Å². The quantitative estimate of drug-likeness (QED) is 0.935. The molecule has 2 aromatic rings. The molecule has 0 aliphatic carbocycles. The number of nitrogens with two attached hydrogens (primary N) is 1. The highest BCUT2D eigenvalue weighted by atomic mass is 35.5. The predicted molar refractivity (Wildman–Crippen MR) is 72.6 cm³/mol. The van der Waals surface area contributed by atoms with Crippen LogP contribution >= 0.6 is 11.6 Å². The highest BCUT2D eigenvalue weighted by Gasteiger charge is 2.08. The van der Waals surface area contributed by atoms with Gasteiger partial charge in [0.05, 0.1) is 10.7 Å². The lowest BCUT2D eigenvalue weighted by Gasteiger charge is -2.11. The normalized spacial score (nSPS) is 10.5. The second-order valence-corrected chi connectivity index (χ2v) is 4.48. The molecule has 0 atom stereocenters. The summed E-state index contributed by atoms with van der Waals surface area (Å²) in [5, 5.41) is 0.0804. The van der Waals surface area contributed by atoms with Gasteiger partial charge in [-0.25, -0.2) is 4.39 Å². The van der Waals surface area contributed by atoms with Crippen LogP contribution in [0, 0.1) is 12.7 Å². The van der Waals surface area contributed by atoms with E-state index in [-0.39, 0.29) is 18.2 Å². The highest BCUT2D eigenvalue weighted by molar-refractivity contribution is 6.31. The number of benzene rings is 1. The van der Waals surface area contributed by atoms with E-state index in [1.807, 2.05) is 13.0 Å². The minimum atomic E-state index is -0.455. The van der Waals surface area contributed by atoms with Crippen molar-refractivity contribution in [2.24, 2.45) is 5.73 Å². The summed E-state index contributed by atoms with van der Waals surface area (Å²) in [4.78, 5) is 4.29. The van der Waals surface area contributed by atoms with Gasteiger partial charge in [0.2, 0.25) is 0 Å². The SMILES string of the molecule is Cc1ccc(OCc2cccc(F)c2Cl)c(CN)n1. The number of hydrogen-bond acceptors (Lipinski definition) is 3. The van der Waals surface area contributed by atoms with Crippen molar-refractivity contribution < 1.29 is 9.13 Å². The molecule has 0 unspecified atom stereocenters. The fraction of sp³-hybridized carbons (Fsp3) is 0.214. The first-order valence-electron chi connectivity index (χ1n) is 5.84. The fourth-order valence-electron chi connectivity index (χ4n) is 1.69. The maximum atomic E-state index is 13.3. The van der Waals surface area contributed by atoms with Gasteiger partial charge in [-0.3, -0.25) is 4.98 Å². The van der Waals surface area contributed by atoms with Crippen LogP contribution < -0.4 is 10.5 Å². The van der Waals surface area contributed by atoms with Crippen LogP contribution in [0.5, 0.6) is 5.75 Å². The molecule has 0 saturated carbocycles. The number of nitrogens with zero attached hydrogens (tertiary/aromatic N) is 1. The third-order valence-electron chi connectivity index (χ3n) is 2.68. The van der Waals surface area contributed by atoms with Gasteiger partial charge in [0, 0.05) is 17.8 Å². The van der Waals surface area contributed by atoms with Crippen molar-refractivity contribution in [3.63, 3.8) is 0 Å². The summed E-state index contributed by atoms with van der Waals surface area (Å²) < 4.78 is 18.9. The molecule has 1 aromatic heterocycles. The fourth-order valence-corrected chi connectivity index (χ4v) is 1.87. The largest absolute Gasteiger partial charge is 0.487 e. The molecule has 0 bridgehead atoms. The highest BCUT2D eigenvalue weighted by Crippen LogP contribution is 2.23. The van der Waals surface area contributed by atoms with Crippen LogP contribution in [0.2, 0.25) is 5.02 Å². The van der Waals surface area contributed by atoms with E-state index < -0.39 is 5.82 Å². The zero-order chi connectivity index (χ0) is 13.8. The Balaban J connectivity index is 2.17. The van der Waals surface area contributed by atoms with Crippen LogP contribution in [0.3, 0.4) is 0 Å². The zero-order valence-electron chi connectivity index (χ0n) is 10.5. The molecular formula is C14H14ClFN2O. The molecule has 1 aromatic carbocycles. The predicted octanol–water partition coefficient (Wildman–Crippen LogP) is 3.22. The molecule has 0 saturated heterocycles. The molecule has 0 spiro atoms. The van der Waals surface area contributed by atoms with Gasteiger partial charge in [0.25, 0.3) is 0 Å². The summed E-state index contributed by atoms with van der Waals surface area (Å²) in [7, 11) is 0. The number of pyridine rings is 1. The molecule has 19 heavy (non-hydrogen) atoms. The Morgan fingerprint density at radius 1 is 1.32 bits per heavy atom. The van der Waals surface area contributed by atoms with Crippen LogP contribution in [-0.2, 0) is 13.2 Å². The first-order chi connectivity index (χ1) is 9.11. The van der Waals surface area contributed by atoms with Crippen molar-refractivity contribution in [3.8, 4) is 5.75 Å². The summed E-state index contributed by atoms with van der Waals surface area (Å²) in [5.41, 5.74) is 7.75. The van der Waals surface area contributed by atoms with Gasteiger partial charge in [0.15, 0.2) is 0 Å². The van der Waals surface area contributed by atoms with E-state index in [1.165, 1.54) is 6.07 Å². The van der Waals surface area contributed by atoms with Crippen molar-refractivity contribution in [2.75, 3.05) is 0 Å². The molecule has 0 radical (unpaired) electrons. The summed E-state index contributed by atoms with van der Waals surface area (Å²) >= 11 is 5.86. The second-order valence-electron chi connectivity index (χ2n) is 4.10. The van der Waals surface area contributed by atoms with Crippen LogP contribution in [0.25, 0.3) is 0 Å². The van der Waals surface area contributed by atoms with Gasteiger partial charge in [-0.05, 0) is 25.1 Å². The maximum absolute atomic E-state index is 13.3. The van der Waals surface area contributed by atoms with Crippen LogP contribution in [0.4, 0.5) is 4.39 Å². The summed E-state index contributed by atoms with van der Waals surface area (Å²) in [6.45, 7) is 2.34. The smallest absolute Gasteiger partial charge is 0.142 e. The minimum Gasteiger partial charge on any atom is -0.487 e. The summed E-state index contributed by atoms with van der Waals surface area (Å²) in [6.07, 6.45) is 0. The third kappa shape index (κ3) is 3.22. The van der Waals surface area contributed by atoms with Crippen LogP contribution in [0.1, 0.15) is 17.0 Å². The van der Waals surface area contributed by atoms with Crippen molar-refractivity contribution in [1.82, 2.24) is 4.98 Å². The van der Waals surface area contributed by atoms with Gasteiger partial charge in [-0.15, -0.1) is 0 Å². The molecule has 0 aliphatic rings. The molecule has 2 rings (SSSR count). The van der Waals surface area contributed by atoms with Gasteiger partial charge in [-0.2, -0.15) is 0 Å². The van der Waals surface area contributed by atoms with E-state index in [1.54, 1.807) is 18.2 Å².